The number of hydrogen-bond donors (Lipinski definition) is 0. The molecule has 1 fully saturated rings. The monoisotopic (exact) mass is 182 g/mol. The van der Waals surface area contributed by atoms with Crippen molar-refractivity contribution in [1.29, 1.82) is 0 Å². The van der Waals surface area contributed by atoms with Crippen LogP contribution in [0.4, 0.5) is 0 Å². The molecule has 0 aromatic carbocycles. The lowest BCUT2D eigenvalue weighted by molar-refractivity contribution is 0.360. The molecule has 76 valence electrons. The molecule has 0 spiro atoms. The Kier molecular flexibility index (Phi) is 4.26. The molecule has 1 unspecified atom stereocenters. The Balaban J connectivity index is 2.28. The van der Waals surface area contributed by atoms with Crippen molar-refractivity contribution >= 4 is 5.84 Å². The summed E-state index contributed by atoms with van der Waals surface area (Å²) in [5.74, 6) is 1.29. The van der Waals surface area contributed by atoms with Crippen LogP contribution in [0.2, 0.25) is 0 Å². The van der Waals surface area contributed by atoms with Crippen LogP contribution in [-0.2, 0) is 0 Å². The highest BCUT2D eigenvalue weighted by molar-refractivity contribution is 5.84. The van der Waals surface area contributed by atoms with Crippen LogP contribution >= 0.6 is 0 Å². The molecule has 1 heterocycles. The topological polar surface area (TPSA) is 15.6 Å². The van der Waals surface area contributed by atoms with Gasteiger partial charge in [0, 0.05) is 26.6 Å². The zero-order valence-corrected chi connectivity index (χ0v) is 9.21. The summed E-state index contributed by atoms with van der Waals surface area (Å²) in [7, 11) is 4.09. The van der Waals surface area contributed by atoms with Crippen LogP contribution in [0.25, 0.3) is 0 Å². The Labute approximate surface area is 82.0 Å². The second-order valence-corrected chi connectivity index (χ2v) is 3.94. The third-order valence-corrected chi connectivity index (χ3v) is 3.06. The van der Waals surface area contributed by atoms with Crippen molar-refractivity contribution in [2.24, 2.45) is 4.99 Å². The van der Waals surface area contributed by atoms with Crippen molar-refractivity contribution < 1.29 is 0 Å². The summed E-state index contributed by atoms with van der Waals surface area (Å²) in [5, 5.41) is 0. The van der Waals surface area contributed by atoms with Gasteiger partial charge in [0.1, 0.15) is 0 Å². The Hall–Kier alpha value is -0.530. The van der Waals surface area contributed by atoms with E-state index in [4.69, 9.17) is 0 Å². The summed E-state index contributed by atoms with van der Waals surface area (Å²) in [6.45, 7) is 2.26. The maximum Gasteiger partial charge on any atom is 0.0986 e. The predicted octanol–water partition coefficient (Wildman–Crippen LogP) is 2.69. The molecule has 1 atom stereocenters. The molecule has 13 heavy (non-hydrogen) atoms. The fourth-order valence-electron chi connectivity index (χ4n) is 2.11. The van der Waals surface area contributed by atoms with Gasteiger partial charge >= 0.3 is 0 Å². The van der Waals surface area contributed by atoms with Gasteiger partial charge in [0.25, 0.3) is 0 Å². The molecule has 0 aliphatic carbocycles. The SMILES string of the molecule is CCCCCC1CCC(=NC)N1C. The van der Waals surface area contributed by atoms with Crippen LogP contribution in [0.1, 0.15) is 45.4 Å². The predicted molar refractivity (Wildman–Crippen MR) is 58.3 cm³/mol. The van der Waals surface area contributed by atoms with Gasteiger partial charge in [-0.25, -0.2) is 0 Å². The molecule has 0 aromatic rings. The number of likely N-dealkylation sites (tertiary alicyclic amines) is 1. The van der Waals surface area contributed by atoms with Crippen molar-refractivity contribution in [1.82, 2.24) is 4.90 Å². The zero-order chi connectivity index (χ0) is 9.68. The van der Waals surface area contributed by atoms with Crippen LogP contribution in [0, 0.1) is 0 Å². The van der Waals surface area contributed by atoms with Crippen molar-refractivity contribution in [3.63, 3.8) is 0 Å². The molecule has 1 saturated heterocycles. The van der Waals surface area contributed by atoms with E-state index >= 15 is 0 Å². The van der Waals surface area contributed by atoms with Gasteiger partial charge in [-0.05, 0) is 12.8 Å². The van der Waals surface area contributed by atoms with Gasteiger partial charge in [-0.1, -0.05) is 26.2 Å². The van der Waals surface area contributed by atoms with E-state index in [2.05, 4.69) is 23.9 Å². The van der Waals surface area contributed by atoms with Crippen molar-refractivity contribution in [2.45, 2.75) is 51.5 Å². The molecule has 0 aromatic heterocycles. The molecule has 0 amide bonds. The van der Waals surface area contributed by atoms with Crippen LogP contribution in [0.3, 0.4) is 0 Å². The minimum Gasteiger partial charge on any atom is -0.360 e. The van der Waals surface area contributed by atoms with Gasteiger partial charge in [0.15, 0.2) is 0 Å². The number of amidine groups is 1. The standard InChI is InChI=1S/C11H22N2/c1-4-5-6-7-10-8-9-11(12-2)13(10)3/h10H,4-9H2,1-3H3. The molecule has 1 aliphatic heterocycles. The highest BCUT2D eigenvalue weighted by Crippen LogP contribution is 2.22. The summed E-state index contributed by atoms with van der Waals surface area (Å²) in [5.41, 5.74) is 0. The number of nitrogens with zero attached hydrogens (tertiary/aromatic N) is 2. The van der Waals surface area contributed by atoms with E-state index in [1.54, 1.807) is 0 Å². The first-order valence-electron chi connectivity index (χ1n) is 5.48. The third-order valence-electron chi connectivity index (χ3n) is 3.06. The summed E-state index contributed by atoms with van der Waals surface area (Å²) in [4.78, 5) is 6.66. The highest BCUT2D eigenvalue weighted by atomic mass is 15.2. The van der Waals surface area contributed by atoms with Crippen LogP contribution in [-0.4, -0.2) is 30.9 Å². The highest BCUT2D eigenvalue weighted by Gasteiger charge is 2.24. The third kappa shape index (κ3) is 2.71. The molecule has 0 N–H and O–H groups in total. The molecule has 1 rings (SSSR count). The largest absolute Gasteiger partial charge is 0.360 e. The maximum atomic E-state index is 4.29. The first-order valence-corrected chi connectivity index (χ1v) is 5.48. The van der Waals surface area contributed by atoms with E-state index in [9.17, 15) is 0 Å². The molecule has 1 aliphatic rings. The van der Waals surface area contributed by atoms with E-state index < -0.39 is 0 Å². The molecular weight excluding hydrogens is 160 g/mol. The van der Waals surface area contributed by atoms with Gasteiger partial charge in [-0.3, -0.25) is 4.99 Å². The fourth-order valence-corrected chi connectivity index (χ4v) is 2.11. The summed E-state index contributed by atoms with van der Waals surface area (Å²) in [6.07, 6.45) is 7.93. The Morgan fingerprint density at radius 1 is 1.46 bits per heavy atom. The van der Waals surface area contributed by atoms with E-state index in [0.717, 1.165) is 6.04 Å². The van der Waals surface area contributed by atoms with Crippen LogP contribution in [0.15, 0.2) is 4.99 Å². The normalized spacial score (nSPS) is 25.9. The Bertz CT molecular complexity index is 175. The van der Waals surface area contributed by atoms with Gasteiger partial charge in [0.05, 0.1) is 5.84 Å². The lowest BCUT2D eigenvalue weighted by atomic mass is 10.1. The van der Waals surface area contributed by atoms with Crippen molar-refractivity contribution in [2.75, 3.05) is 14.1 Å². The van der Waals surface area contributed by atoms with Crippen LogP contribution in [0.5, 0.6) is 0 Å². The molecule has 0 radical (unpaired) electrons. The molecule has 2 nitrogen and oxygen atoms in total. The summed E-state index contributed by atoms with van der Waals surface area (Å²) < 4.78 is 0. The second-order valence-electron chi connectivity index (χ2n) is 3.94. The van der Waals surface area contributed by atoms with E-state index in [-0.39, 0.29) is 0 Å². The Morgan fingerprint density at radius 3 is 2.77 bits per heavy atom. The fraction of sp³-hybridized carbons (Fsp3) is 0.909. The number of rotatable bonds is 4. The lowest BCUT2D eigenvalue weighted by Gasteiger charge is -2.21. The first kappa shape index (κ1) is 10.6. The van der Waals surface area contributed by atoms with Gasteiger partial charge in [-0.15, -0.1) is 0 Å². The minimum absolute atomic E-state index is 0.769. The first-order chi connectivity index (χ1) is 6.29. The van der Waals surface area contributed by atoms with Gasteiger partial charge in [0.2, 0.25) is 0 Å². The quantitative estimate of drug-likeness (QED) is 0.610. The molecule has 2 heteroatoms. The maximum absolute atomic E-state index is 4.29. The number of aliphatic imine (C=N–C) groups is 1. The average Bonchev–Trinajstić information content (AvgIpc) is 2.48. The van der Waals surface area contributed by atoms with Crippen molar-refractivity contribution in [3.05, 3.63) is 0 Å². The minimum atomic E-state index is 0.769. The zero-order valence-electron chi connectivity index (χ0n) is 9.21. The molecule has 0 saturated carbocycles. The van der Waals surface area contributed by atoms with Gasteiger partial charge in [-0.2, -0.15) is 0 Å². The Morgan fingerprint density at radius 2 is 2.23 bits per heavy atom. The number of unbranched alkanes of at least 4 members (excludes halogenated alkanes) is 2. The van der Waals surface area contributed by atoms with E-state index in [0.29, 0.717) is 0 Å². The number of hydrogen-bond acceptors (Lipinski definition) is 1. The molecule has 0 bridgehead atoms. The summed E-state index contributed by atoms with van der Waals surface area (Å²) >= 11 is 0. The second kappa shape index (κ2) is 5.25. The van der Waals surface area contributed by atoms with E-state index in [1.807, 2.05) is 7.05 Å². The average molecular weight is 182 g/mol. The lowest BCUT2D eigenvalue weighted by Crippen LogP contribution is -2.28. The van der Waals surface area contributed by atoms with Crippen LogP contribution < -0.4 is 0 Å². The smallest absolute Gasteiger partial charge is 0.0986 e. The summed E-state index contributed by atoms with van der Waals surface area (Å²) in [6, 6.07) is 0.769. The van der Waals surface area contributed by atoms with Crippen molar-refractivity contribution in [3.8, 4) is 0 Å². The van der Waals surface area contributed by atoms with E-state index in [1.165, 1.54) is 44.4 Å². The molecular formula is C11H22N2. The van der Waals surface area contributed by atoms with Gasteiger partial charge < -0.3 is 4.90 Å².